The molecular formula is C13H16BrN3O3. The second-order valence-corrected chi connectivity index (χ2v) is 5.34. The zero-order chi connectivity index (χ0) is 14.5. The van der Waals surface area contributed by atoms with Crippen molar-refractivity contribution in [2.75, 3.05) is 19.0 Å². The number of carbonyl (C=O) groups excluding carboxylic acids is 2. The van der Waals surface area contributed by atoms with Gasteiger partial charge in [0.1, 0.15) is 11.8 Å². The first-order chi connectivity index (χ1) is 9.60. The number of halogens is 1. The SMILES string of the molecule is COc1ccc(Br)cc1NC(=O)NC1CCCNC1=O. The summed E-state index contributed by atoms with van der Waals surface area (Å²) < 4.78 is 5.99. The van der Waals surface area contributed by atoms with Crippen LogP contribution in [0.3, 0.4) is 0 Å². The fourth-order valence-electron chi connectivity index (χ4n) is 2.00. The zero-order valence-corrected chi connectivity index (χ0v) is 12.6. The first-order valence-electron chi connectivity index (χ1n) is 6.29. The van der Waals surface area contributed by atoms with Crippen molar-refractivity contribution in [3.05, 3.63) is 22.7 Å². The summed E-state index contributed by atoms with van der Waals surface area (Å²) in [6.07, 6.45) is 1.51. The van der Waals surface area contributed by atoms with Crippen LogP contribution in [0.5, 0.6) is 5.75 Å². The largest absolute Gasteiger partial charge is 0.495 e. The number of anilines is 1. The van der Waals surface area contributed by atoms with Crippen molar-refractivity contribution in [2.45, 2.75) is 18.9 Å². The summed E-state index contributed by atoms with van der Waals surface area (Å²) in [7, 11) is 1.53. The summed E-state index contributed by atoms with van der Waals surface area (Å²) in [6.45, 7) is 0.665. The molecule has 1 saturated heterocycles. The number of amides is 3. The van der Waals surface area contributed by atoms with Gasteiger partial charge in [0.15, 0.2) is 0 Å². The Morgan fingerprint density at radius 3 is 3.00 bits per heavy atom. The van der Waals surface area contributed by atoms with E-state index in [0.717, 1.165) is 10.9 Å². The van der Waals surface area contributed by atoms with Crippen molar-refractivity contribution < 1.29 is 14.3 Å². The van der Waals surface area contributed by atoms with Gasteiger partial charge >= 0.3 is 6.03 Å². The van der Waals surface area contributed by atoms with Gasteiger partial charge in [-0.25, -0.2) is 4.79 Å². The fraction of sp³-hybridized carbons (Fsp3) is 0.385. The predicted molar refractivity (Wildman–Crippen MR) is 78.9 cm³/mol. The second-order valence-electron chi connectivity index (χ2n) is 4.43. The number of rotatable bonds is 3. The highest BCUT2D eigenvalue weighted by atomic mass is 79.9. The van der Waals surface area contributed by atoms with Crippen LogP contribution in [-0.4, -0.2) is 31.6 Å². The van der Waals surface area contributed by atoms with E-state index in [1.807, 2.05) is 6.07 Å². The van der Waals surface area contributed by atoms with Crippen LogP contribution in [0, 0.1) is 0 Å². The molecule has 1 aromatic rings. The molecule has 20 heavy (non-hydrogen) atoms. The van der Waals surface area contributed by atoms with Gasteiger partial charge < -0.3 is 20.7 Å². The molecule has 0 aliphatic carbocycles. The Bertz CT molecular complexity index is 522. The number of benzene rings is 1. The summed E-state index contributed by atoms with van der Waals surface area (Å²) in [4.78, 5) is 23.5. The van der Waals surface area contributed by atoms with E-state index in [-0.39, 0.29) is 5.91 Å². The van der Waals surface area contributed by atoms with Crippen LogP contribution in [0.1, 0.15) is 12.8 Å². The van der Waals surface area contributed by atoms with Crippen LogP contribution in [0.25, 0.3) is 0 Å². The van der Waals surface area contributed by atoms with E-state index in [1.165, 1.54) is 7.11 Å². The van der Waals surface area contributed by atoms with Crippen molar-refractivity contribution >= 4 is 33.6 Å². The normalized spacial score (nSPS) is 18.1. The van der Waals surface area contributed by atoms with E-state index in [9.17, 15) is 9.59 Å². The highest BCUT2D eigenvalue weighted by molar-refractivity contribution is 9.10. The number of hydrogen-bond acceptors (Lipinski definition) is 3. The van der Waals surface area contributed by atoms with Crippen LogP contribution < -0.4 is 20.7 Å². The molecule has 0 saturated carbocycles. The fourth-order valence-corrected chi connectivity index (χ4v) is 2.37. The Labute approximate surface area is 125 Å². The summed E-state index contributed by atoms with van der Waals surface area (Å²) in [5, 5.41) is 8.06. The zero-order valence-electron chi connectivity index (χ0n) is 11.0. The molecule has 1 atom stereocenters. The molecule has 2 rings (SSSR count). The maximum Gasteiger partial charge on any atom is 0.319 e. The van der Waals surface area contributed by atoms with Crippen LogP contribution in [0.2, 0.25) is 0 Å². The van der Waals surface area contributed by atoms with E-state index in [4.69, 9.17) is 4.74 Å². The molecule has 6 nitrogen and oxygen atoms in total. The quantitative estimate of drug-likeness (QED) is 0.785. The van der Waals surface area contributed by atoms with Gasteiger partial charge in [0.2, 0.25) is 5.91 Å². The van der Waals surface area contributed by atoms with Crippen molar-refractivity contribution in [2.24, 2.45) is 0 Å². The highest BCUT2D eigenvalue weighted by Gasteiger charge is 2.23. The van der Waals surface area contributed by atoms with Gasteiger partial charge in [-0.1, -0.05) is 15.9 Å². The van der Waals surface area contributed by atoms with Gasteiger partial charge in [0, 0.05) is 11.0 Å². The average Bonchev–Trinajstić information content (AvgIpc) is 2.41. The van der Waals surface area contributed by atoms with E-state index in [1.54, 1.807) is 12.1 Å². The van der Waals surface area contributed by atoms with Gasteiger partial charge in [-0.3, -0.25) is 4.79 Å². The van der Waals surface area contributed by atoms with Crippen LogP contribution in [0.4, 0.5) is 10.5 Å². The van der Waals surface area contributed by atoms with E-state index >= 15 is 0 Å². The first-order valence-corrected chi connectivity index (χ1v) is 7.08. The molecule has 0 aromatic heterocycles. The summed E-state index contributed by atoms with van der Waals surface area (Å²) >= 11 is 3.33. The first kappa shape index (κ1) is 14.6. The van der Waals surface area contributed by atoms with Gasteiger partial charge in [0.05, 0.1) is 12.8 Å². The smallest absolute Gasteiger partial charge is 0.319 e. The molecule has 1 heterocycles. The maximum absolute atomic E-state index is 11.9. The second kappa shape index (κ2) is 6.60. The van der Waals surface area contributed by atoms with Crippen molar-refractivity contribution in [1.29, 1.82) is 0 Å². The minimum Gasteiger partial charge on any atom is -0.495 e. The van der Waals surface area contributed by atoms with Crippen LogP contribution in [-0.2, 0) is 4.79 Å². The lowest BCUT2D eigenvalue weighted by Gasteiger charge is -2.23. The third kappa shape index (κ3) is 3.63. The average molecular weight is 342 g/mol. The maximum atomic E-state index is 11.9. The van der Waals surface area contributed by atoms with E-state index in [2.05, 4.69) is 31.9 Å². The van der Waals surface area contributed by atoms with Gasteiger partial charge in [-0.15, -0.1) is 0 Å². The topological polar surface area (TPSA) is 79.5 Å². The summed E-state index contributed by atoms with van der Waals surface area (Å²) in [6, 6.07) is 4.38. The lowest BCUT2D eigenvalue weighted by atomic mass is 10.1. The standard InChI is InChI=1S/C13H16BrN3O3/c1-20-11-5-4-8(14)7-10(11)17-13(19)16-9-3-2-6-15-12(9)18/h4-5,7,9H,2-3,6H2,1H3,(H,15,18)(H2,16,17,19). The molecule has 0 radical (unpaired) electrons. The lowest BCUT2D eigenvalue weighted by Crippen LogP contribution is -2.51. The van der Waals surface area contributed by atoms with Gasteiger partial charge in [-0.2, -0.15) is 0 Å². The molecule has 7 heteroatoms. The van der Waals surface area contributed by atoms with Gasteiger partial charge in [0.25, 0.3) is 0 Å². The molecule has 3 amide bonds. The number of ether oxygens (including phenoxy) is 1. The molecule has 108 valence electrons. The molecule has 1 aliphatic heterocycles. The number of urea groups is 1. The molecule has 0 bridgehead atoms. The van der Waals surface area contributed by atoms with Gasteiger partial charge in [-0.05, 0) is 31.0 Å². The molecule has 3 N–H and O–H groups in total. The third-order valence-corrected chi connectivity index (χ3v) is 3.49. The van der Waals surface area contributed by atoms with Crippen molar-refractivity contribution in [1.82, 2.24) is 10.6 Å². The Balaban J connectivity index is 2.00. The molecule has 0 spiro atoms. The number of hydrogen-bond donors (Lipinski definition) is 3. The predicted octanol–water partition coefficient (Wildman–Crippen LogP) is 1.86. The van der Waals surface area contributed by atoms with Crippen molar-refractivity contribution in [3.8, 4) is 5.75 Å². The molecule has 1 aliphatic rings. The summed E-state index contributed by atoms with van der Waals surface area (Å²) in [5.74, 6) is 0.407. The van der Waals surface area contributed by atoms with E-state index < -0.39 is 12.1 Å². The Kier molecular flexibility index (Phi) is 4.84. The van der Waals surface area contributed by atoms with Crippen molar-refractivity contribution in [3.63, 3.8) is 0 Å². The molecule has 1 fully saturated rings. The van der Waals surface area contributed by atoms with Crippen LogP contribution >= 0.6 is 15.9 Å². The number of carbonyl (C=O) groups is 2. The Morgan fingerprint density at radius 1 is 1.50 bits per heavy atom. The minimum atomic E-state index is -0.484. The molecule has 1 aromatic carbocycles. The number of piperidine rings is 1. The minimum absolute atomic E-state index is 0.146. The highest BCUT2D eigenvalue weighted by Crippen LogP contribution is 2.27. The molecular weight excluding hydrogens is 326 g/mol. The lowest BCUT2D eigenvalue weighted by molar-refractivity contribution is -0.124. The number of methoxy groups -OCH3 is 1. The Hall–Kier alpha value is -1.76. The van der Waals surface area contributed by atoms with E-state index in [0.29, 0.717) is 24.4 Å². The van der Waals surface area contributed by atoms with Crippen LogP contribution in [0.15, 0.2) is 22.7 Å². The monoisotopic (exact) mass is 341 g/mol. The summed E-state index contributed by atoms with van der Waals surface area (Å²) in [5.41, 5.74) is 0.538. The molecule has 1 unspecified atom stereocenters. The number of nitrogens with one attached hydrogen (secondary N) is 3. The Morgan fingerprint density at radius 2 is 2.30 bits per heavy atom. The third-order valence-electron chi connectivity index (χ3n) is 3.00.